The van der Waals surface area contributed by atoms with Gasteiger partial charge in [0.2, 0.25) is 11.9 Å². The Morgan fingerprint density at radius 1 is 1.19 bits per heavy atom. The van der Waals surface area contributed by atoms with Gasteiger partial charge < -0.3 is 22.3 Å². The standard InChI is InChI=1S/C18H15N3O4.ClH/c1-25-14-9-11(5-6-13(14)22)15-12(10-19)17(23)20-18(24)16(15)21-7-3-2-4-8-21;/h2-9,12,15-16H,1H3,(H-,20,22,23,24);1H. The topological polar surface area (TPSA) is 103 Å². The first-order valence-electron chi connectivity index (χ1n) is 7.64. The molecule has 2 heterocycles. The lowest BCUT2D eigenvalue weighted by molar-refractivity contribution is -0.713. The molecule has 3 unspecified atom stereocenters. The number of phenols is 1. The van der Waals surface area contributed by atoms with E-state index in [4.69, 9.17) is 4.74 Å². The number of pyridine rings is 1. The Balaban J connectivity index is 0.00000243. The zero-order valence-electron chi connectivity index (χ0n) is 13.8. The van der Waals surface area contributed by atoms with E-state index in [1.165, 1.54) is 13.2 Å². The number of nitrogens with one attached hydrogen (secondary N) is 1. The summed E-state index contributed by atoms with van der Waals surface area (Å²) in [4.78, 5) is 24.7. The molecule has 1 aliphatic heterocycles. The highest BCUT2D eigenvalue weighted by atomic mass is 35.5. The number of piperidine rings is 1. The van der Waals surface area contributed by atoms with E-state index in [9.17, 15) is 20.0 Å². The van der Waals surface area contributed by atoms with Crippen molar-refractivity contribution in [2.75, 3.05) is 7.11 Å². The number of nitriles is 1. The number of halogens is 1. The van der Waals surface area contributed by atoms with Gasteiger partial charge in [-0.05, 0) is 17.7 Å². The van der Waals surface area contributed by atoms with Crippen LogP contribution in [0.1, 0.15) is 17.5 Å². The van der Waals surface area contributed by atoms with Gasteiger partial charge in [0, 0.05) is 12.1 Å². The van der Waals surface area contributed by atoms with Crippen molar-refractivity contribution in [3.63, 3.8) is 0 Å². The van der Waals surface area contributed by atoms with Gasteiger partial charge in [-0.15, -0.1) is 0 Å². The Bertz CT molecular complexity index is 866. The number of hydrogen-bond acceptors (Lipinski definition) is 5. The molecule has 0 bridgehead atoms. The summed E-state index contributed by atoms with van der Waals surface area (Å²) in [5, 5.41) is 21.6. The Labute approximate surface area is 156 Å². The number of aromatic nitrogens is 1. The van der Waals surface area contributed by atoms with Crippen molar-refractivity contribution < 1.29 is 36.4 Å². The van der Waals surface area contributed by atoms with Crippen LogP contribution >= 0.6 is 0 Å². The van der Waals surface area contributed by atoms with Crippen LogP contribution in [0.3, 0.4) is 0 Å². The number of carbonyl (C=O) groups is 2. The van der Waals surface area contributed by atoms with Crippen molar-refractivity contribution in [2.24, 2.45) is 5.92 Å². The van der Waals surface area contributed by atoms with E-state index in [0.717, 1.165) is 0 Å². The molecular formula is C18H16ClN3O4. The van der Waals surface area contributed by atoms with Crippen molar-refractivity contribution in [1.82, 2.24) is 5.32 Å². The Hall–Kier alpha value is -3.11. The lowest BCUT2D eigenvalue weighted by Crippen LogP contribution is -3.00. The van der Waals surface area contributed by atoms with Gasteiger partial charge in [-0.25, -0.2) is 0 Å². The number of rotatable bonds is 3. The fraction of sp³-hybridized carbons (Fsp3) is 0.222. The summed E-state index contributed by atoms with van der Waals surface area (Å²) in [5.74, 6) is -2.72. The number of amides is 2. The SMILES string of the molecule is COc1cc(C2C(C#N)C(=O)NC(=O)C2[n+]2ccccc2)ccc1O.[Cl-]. The highest BCUT2D eigenvalue weighted by Crippen LogP contribution is 2.39. The van der Waals surface area contributed by atoms with E-state index >= 15 is 0 Å². The highest BCUT2D eigenvalue weighted by molar-refractivity contribution is 6.02. The minimum Gasteiger partial charge on any atom is -1.00 e. The molecule has 7 nitrogen and oxygen atoms in total. The second-order valence-corrected chi connectivity index (χ2v) is 5.68. The maximum atomic E-state index is 12.5. The second-order valence-electron chi connectivity index (χ2n) is 5.68. The lowest BCUT2D eigenvalue weighted by atomic mass is 9.77. The predicted molar refractivity (Wildman–Crippen MR) is 85.3 cm³/mol. The number of benzene rings is 1. The van der Waals surface area contributed by atoms with Gasteiger partial charge in [0.1, 0.15) is 5.92 Å². The molecule has 1 aliphatic rings. The molecule has 2 amide bonds. The molecule has 0 saturated carbocycles. The molecule has 0 spiro atoms. The summed E-state index contributed by atoms with van der Waals surface area (Å²) in [7, 11) is 1.41. The van der Waals surface area contributed by atoms with Gasteiger partial charge in [-0.1, -0.05) is 12.1 Å². The van der Waals surface area contributed by atoms with Crippen LogP contribution in [-0.2, 0) is 9.59 Å². The molecule has 2 N–H and O–H groups in total. The van der Waals surface area contributed by atoms with Crippen molar-refractivity contribution in [2.45, 2.75) is 12.0 Å². The number of methoxy groups -OCH3 is 1. The summed E-state index contributed by atoms with van der Waals surface area (Å²) in [5.41, 5.74) is 0.561. The zero-order chi connectivity index (χ0) is 18.0. The van der Waals surface area contributed by atoms with Crippen LogP contribution in [0.5, 0.6) is 11.5 Å². The molecule has 134 valence electrons. The fourth-order valence-corrected chi connectivity index (χ4v) is 3.12. The van der Waals surface area contributed by atoms with E-state index in [1.807, 2.05) is 12.1 Å². The average Bonchev–Trinajstić information content (AvgIpc) is 2.62. The Morgan fingerprint density at radius 3 is 2.50 bits per heavy atom. The molecule has 1 saturated heterocycles. The van der Waals surface area contributed by atoms with Crippen LogP contribution < -0.4 is 27.0 Å². The van der Waals surface area contributed by atoms with Crippen molar-refractivity contribution in [3.05, 3.63) is 54.4 Å². The van der Waals surface area contributed by atoms with Crippen LogP contribution in [0, 0.1) is 17.2 Å². The average molecular weight is 374 g/mol. The van der Waals surface area contributed by atoms with Gasteiger partial charge in [-0.2, -0.15) is 9.83 Å². The number of aromatic hydroxyl groups is 1. The number of ether oxygens (including phenoxy) is 1. The minimum absolute atomic E-state index is 0. The number of imide groups is 1. The lowest BCUT2D eigenvalue weighted by Gasteiger charge is -2.30. The van der Waals surface area contributed by atoms with Gasteiger partial charge in [0.15, 0.2) is 23.9 Å². The predicted octanol–water partition coefficient (Wildman–Crippen LogP) is -2.19. The van der Waals surface area contributed by atoms with E-state index in [0.29, 0.717) is 5.56 Å². The van der Waals surface area contributed by atoms with Crippen LogP contribution in [0.15, 0.2) is 48.8 Å². The molecule has 1 aromatic heterocycles. The van der Waals surface area contributed by atoms with Crippen LogP contribution in [0.25, 0.3) is 0 Å². The summed E-state index contributed by atoms with van der Waals surface area (Å²) >= 11 is 0. The van der Waals surface area contributed by atoms with Crippen molar-refractivity contribution >= 4 is 11.8 Å². The van der Waals surface area contributed by atoms with Gasteiger partial charge in [-0.3, -0.25) is 14.9 Å². The Kier molecular flexibility index (Phi) is 5.80. The van der Waals surface area contributed by atoms with E-state index in [2.05, 4.69) is 5.32 Å². The minimum atomic E-state index is -1.05. The first-order chi connectivity index (χ1) is 12.1. The molecule has 2 aromatic rings. The third-order valence-corrected chi connectivity index (χ3v) is 4.28. The summed E-state index contributed by atoms with van der Waals surface area (Å²) < 4.78 is 6.78. The van der Waals surface area contributed by atoms with E-state index < -0.39 is 29.7 Å². The first-order valence-corrected chi connectivity index (χ1v) is 7.64. The summed E-state index contributed by atoms with van der Waals surface area (Å²) in [6.07, 6.45) is 3.41. The van der Waals surface area contributed by atoms with Gasteiger partial charge >= 0.3 is 0 Å². The normalized spacial score (nSPS) is 21.9. The second kappa shape index (κ2) is 7.85. The molecule has 1 aromatic carbocycles. The number of nitrogens with zero attached hydrogens (tertiary/aromatic N) is 2. The molecule has 26 heavy (non-hydrogen) atoms. The number of hydrogen-bond donors (Lipinski definition) is 2. The third kappa shape index (κ3) is 3.32. The van der Waals surface area contributed by atoms with Crippen molar-refractivity contribution in [1.29, 1.82) is 5.26 Å². The summed E-state index contributed by atoms with van der Waals surface area (Å²) in [6, 6.07) is 11.1. The smallest absolute Gasteiger partial charge is 0.296 e. The molecule has 3 atom stereocenters. The first kappa shape index (κ1) is 19.2. The maximum absolute atomic E-state index is 12.5. The van der Waals surface area contributed by atoms with Crippen LogP contribution in [-0.4, -0.2) is 24.0 Å². The molecule has 0 aliphatic carbocycles. The maximum Gasteiger partial charge on any atom is 0.296 e. The molecule has 3 rings (SSSR count). The van der Waals surface area contributed by atoms with Gasteiger partial charge in [0.05, 0.1) is 19.1 Å². The van der Waals surface area contributed by atoms with Crippen LogP contribution in [0.4, 0.5) is 0 Å². The quantitative estimate of drug-likeness (QED) is 0.470. The summed E-state index contributed by atoms with van der Waals surface area (Å²) in [6.45, 7) is 0. The Morgan fingerprint density at radius 2 is 1.88 bits per heavy atom. The molecule has 8 heteroatoms. The fourth-order valence-electron chi connectivity index (χ4n) is 3.12. The largest absolute Gasteiger partial charge is 1.00 e. The van der Waals surface area contributed by atoms with E-state index in [1.54, 1.807) is 41.2 Å². The van der Waals surface area contributed by atoms with E-state index in [-0.39, 0.29) is 23.9 Å². The molecule has 0 radical (unpaired) electrons. The molecule has 1 fully saturated rings. The third-order valence-electron chi connectivity index (χ3n) is 4.28. The number of carbonyl (C=O) groups excluding carboxylic acids is 2. The highest BCUT2D eigenvalue weighted by Gasteiger charge is 2.50. The van der Waals surface area contributed by atoms with Gasteiger partial charge in [0.25, 0.3) is 5.91 Å². The van der Waals surface area contributed by atoms with Crippen LogP contribution in [0.2, 0.25) is 0 Å². The monoisotopic (exact) mass is 373 g/mol. The zero-order valence-corrected chi connectivity index (χ0v) is 14.6. The number of phenolic OH excluding ortho intramolecular Hbond substituents is 1. The van der Waals surface area contributed by atoms with Crippen molar-refractivity contribution in [3.8, 4) is 17.6 Å². The molecular weight excluding hydrogens is 358 g/mol.